The average molecular weight is 420 g/mol. The molecule has 1 aliphatic heterocycles. The van der Waals surface area contributed by atoms with Crippen molar-refractivity contribution in [1.82, 2.24) is 15.1 Å². The Kier molecular flexibility index (Phi) is 5.35. The highest BCUT2D eigenvalue weighted by Gasteiger charge is 2.41. The molecule has 0 bridgehead atoms. The minimum absolute atomic E-state index is 0.0371. The Labute approximate surface area is 180 Å². The van der Waals surface area contributed by atoms with Crippen molar-refractivity contribution in [3.05, 3.63) is 82.3 Å². The number of rotatable bonds is 4. The van der Waals surface area contributed by atoms with Crippen LogP contribution >= 0.6 is 0 Å². The first kappa shape index (κ1) is 20.8. The molecule has 31 heavy (non-hydrogen) atoms. The van der Waals surface area contributed by atoms with E-state index in [4.69, 9.17) is 0 Å². The molecule has 4 rings (SSSR count). The fraction of sp³-hybridized carbons (Fsp3) is 0.292. The molecule has 2 heterocycles. The van der Waals surface area contributed by atoms with Crippen molar-refractivity contribution in [1.29, 1.82) is 0 Å². The van der Waals surface area contributed by atoms with Gasteiger partial charge in [0.05, 0.1) is 5.69 Å². The summed E-state index contributed by atoms with van der Waals surface area (Å²) in [6.07, 6.45) is 0. The van der Waals surface area contributed by atoms with Gasteiger partial charge < -0.3 is 10.6 Å². The van der Waals surface area contributed by atoms with Gasteiger partial charge in [0, 0.05) is 23.1 Å². The van der Waals surface area contributed by atoms with Crippen LogP contribution in [0.5, 0.6) is 0 Å². The molecule has 3 aromatic rings. The van der Waals surface area contributed by atoms with E-state index in [2.05, 4.69) is 15.7 Å². The first-order valence-electron chi connectivity index (χ1n) is 10.3. The summed E-state index contributed by atoms with van der Waals surface area (Å²) in [5.74, 6) is -0.907. The average Bonchev–Trinajstić information content (AvgIpc) is 3.05. The molecule has 2 aromatic carbocycles. The van der Waals surface area contributed by atoms with Gasteiger partial charge in [0.1, 0.15) is 17.7 Å². The van der Waals surface area contributed by atoms with E-state index in [0.717, 1.165) is 22.4 Å². The third kappa shape index (κ3) is 3.83. The van der Waals surface area contributed by atoms with Crippen LogP contribution in [0.15, 0.2) is 48.5 Å². The highest BCUT2D eigenvalue weighted by molar-refractivity contribution is 6.04. The second-order valence-electron chi connectivity index (χ2n) is 8.23. The van der Waals surface area contributed by atoms with E-state index < -0.39 is 12.0 Å². The van der Waals surface area contributed by atoms with E-state index >= 15 is 0 Å². The standard InChI is InChI=1S/C24H25FN4O2/c1-13(2)29-22-19(15(4)28-29)20(16-8-10-18(25)11-9-16)21(24(31)27-22)26-23(30)17-7-5-6-14(3)12-17/h5-13,20-21H,1-4H3,(H,26,30)(H,27,31)/t20-,21+/m0/s1. The summed E-state index contributed by atoms with van der Waals surface area (Å²) in [5.41, 5.74) is 3.75. The van der Waals surface area contributed by atoms with E-state index in [1.165, 1.54) is 12.1 Å². The Hall–Kier alpha value is -3.48. The topological polar surface area (TPSA) is 76.0 Å². The summed E-state index contributed by atoms with van der Waals surface area (Å²) in [6, 6.07) is 12.4. The molecule has 0 fully saturated rings. The SMILES string of the molecule is Cc1cccc(C(=O)N[C@H]2C(=O)Nc3c(c(C)nn3C(C)C)[C@@H]2c2ccc(F)cc2)c1. The van der Waals surface area contributed by atoms with Crippen LogP contribution < -0.4 is 10.6 Å². The Bertz CT molecular complexity index is 1150. The van der Waals surface area contributed by atoms with Crippen molar-refractivity contribution in [3.63, 3.8) is 0 Å². The van der Waals surface area contributed by atoms with Crippen molar-refractivity contribution in [2.75, 3.05) is 5.32 Å². The molecule has 0 unspecified atom stereocenters. The lowest BCUT2D eigenvalue weighted by atomic mass is 9.81. The number of aromatic nitrogens is 2. The number of benzene rings is 2. The molecule has 2 atom stereocenters. The van der Waals surface area contributed by atoms with Crippen LogP contribution in [0.25, 0.3) is 0 Å². The fourth-order valence-electron chi connectivity index (χ4n) is 4.13. The Balaban J connectivity index is 1.81. The second-order valence-corrected chi connectivity index (χ2v) is 8.23. The number of aryl methyl sites for hydroxylation is 2. The van der Waals surface area contributed by atoms with Crippen LogP contribution in [0.1, 0.15) is 58.5 Å². The minimum Gasteiger partial charge on any atom is -0.339 e. The first-order chi connectivity index (χ1) is 14.8. The van der Waals surface area contributed by atoms with Gasteiger partial charge >= 0.3 is 0 Å². The number of hydrogen-bond acceptors (Lipinski definition) is 3. The third-order valence-corrected chi connectivity index (χ3v) is 5.59. The van der Waals surface area contributed by atoms with Gasteiger partial charge in [-0.2, -0.15) is 5.10 Å². The molecule has 2 amide bonds. The Morgan fingerprint density at radius 1 is 1.16 bits per heavy atom. The normalized spacial score (nSPS) is 17.9. The number of amides is 2. The molecule has 0 radical (unpaired) electrons. The van der Waals surface area contributed by atoms with Crippen LogP contribution in [0, 0.1) is 19.7 Å². The molecule has 0 saturated heterocycles. The largest absolute Gasteiger partial charge is 0.339 e. The van der Waals surface area contributed by atoms with Crippen LogP contribution in [0.4, 0.5) is 10.2 Å². The third-order valence-electron chi connectivity index (χ3n) is 5.59. The molecule has 6 nitrogen and oxygen atoms in total. The number of halogens is 1. The van der Waals surface area contributed by atoms with Crippen LogP contribution in [-0.4, -0.2) is 27.6 Å². The molecular weight excluding hydrogens is 395 g/mol. The van der Waals surface area contributed by atoms with Gasteiger partial charge in [-0.05, 0) is 57.5 Å². The number of fused-ring (bicyclic) bond motifs is 1. The summed E-state index contributed by atoms with van der Waals surface area (Å²) >= 11 is 0. The lowest BCUT2D eigenvalue weighted by Crippen LogP contribution is -2.50. The van der Waals surface area contributed by atoms with Crippen molar-refractivity contribution in [2.24, 2.45) is 0 Å². The highest BCUT2D eigenvalue weighted by atomic mass is 19.1. The number of carbonyl (C=O) groups is 2. The predicted octanol–water partition coefficient (Wildman–Crippen LogP) is 4.10. The smallest absolute Gasteiger partial charge is 0.251 e. The zero-order chi connectivity index (χ0) is 22.3. The molecule has 160 valence electrons. The number of hydrogen-bond donors (Lipinski definition) is 2. The maximum Gasteiger partial charge on any atom is 0.251 e. The van der Waals surface area contributed by atoms with Gasteiger partial charge in [-0.1, -0.05) is 29.8 Å². The maximum atomic E-state index is 13.6. The molecule has 0 aliphatic carbocycles. The number of anilines is 1. The summed E-state index contributed by atoms with van der Waals surface area (Å²) in [6.45, 7) is 7.75. The van der Waals surface area contributed by atoms with E-state index in [1.807, 2.05) is 33.8 Å². The van der Waals surface area contributed by atoms with E-state index in [1.54, 1.807) is 35.0 Å². The summed E-state index contributed by atoms with van der Waals surface area (Å²) in [4.78, 5) is 26.2. The van der Waals surface area contributed by atoms with Crippen molar-refractivity contribution in [3.8, 4) is 0 Å². The van der Waals surface area contributed by atoms with Crippen LogP contribution in [0.2, 0.25) is 0 Å². The van der Waals surface area contributed by atoms with E-state index in [0.29, 0.717) is 11.4 Å². The fourth-order valence-corrected chi connectivity index (χ4v) is 4.13. The molecular formula is C24H25FN4O2. The van der Waals surface area contributed by atoms with Gasteiger partial charge in [0.15, 0.2) is 0 Å². The first-order valence-corrected chi connectivity index (χ1v) is 10.3. The predicted molar refractivity (Wildman–Crippen MR) is 117 cm³/mol. The second kappa shape index (κ2) is 7.98. The lowest BCUT2D eigenvalue weighted by Gasteiger charge is -2.33. The molecule has 1 aliphatic rings. The summed E-state index contributed by atoms with van der Waals surface area (Å²) in [5, 5.41) is 10.5. The van der Waals surface area contributed by atoms with Gasteiger partial charge in [0.2, 0.25) is 5.91 Å². The summed E-state index contributed by atoms with van der Waals surface area (Å²) in [7, 11) is 0. The van der Waals surface area contributed by atoms with Gasteiger partial charge in [-0.3, -0.25) is 9.59 Å². The van der Waals surface area contributed by atoms with Gasteiger partial charge in [-0.15, -0.1) is 0 Å². The van der Waals surface area contributed by atoms with Crippen molar-refractivity contribution in [2.45, 2.75) is 45.7 Å². The number of carbonyl (C=O) groups excluding carboxylic acids is 2. The zero-order valence-electron chi connectivity index (χ0n) is 17.9. The molecule has 2 N–H and O–H groups in total. The maximum absolute atomic E-state index is 13.6. The van der Waals surface area contributed by atoms with Crippen LogP contribution in [-0.2, 0) is 4.79 Å². The number of nitrogens with one attached hydrogen (secondary N) is 2. The van der Waals surface area contributed by atoms with E-state index in [9.17, 15) is 14.0 Å². The quantitative estimate of drug-likeness (QED) is 0.667. The van der Waals surface area contributed by atoms with E-state index in [-0.39, 0.29) is 23.7 Å². The molecule has 0 spiro atoms. The van der Waals surface area contributed by atoms with Crippen LogP contribution in [0.3, 0.4) is 0 Å². The monoisotopic (exact) mass is 420 g/mol. The van der Waals surface area contributed by atoms with Crippen molar-refractivity contribution < 1.29 is 14.0 Å². The molecule has 1 aromatic heterocycles. The molecule has 0 saturated carbocycles. The lowest BCUT2D eigenvalue weighted by molar-refractivity contribution is -0.118. The van der Waals surface area contributed by atoms with Gasteiger partial charge in [0.25, 0.3) is 5.91 Å². The number of nitrogens with zero attached hydrogens (tertiary/aromatic N) is 2. The Morgan fingerprint density at radius 3 is 2.52 bits per heavy atom. The highest BCUT2D eigenvalue weighted by Crippen LogP contribution is 2.40. The molecule has 7 heteroatoms. The van der Waals surface area contributed by atoms with Gasteiger partial charge in [-0.25, -0.2) is 9.07 Å². The zero-order valence-corrected chi connectivity index (χ0v) is 17.9. The summed E-state index contributed by atoms with van der Waals surface area (Å²) < 4.78 is 15.4. The Morgan fingerprint density at radius 2 is 1.87 bits per heavy atom. The minimum atomic E-state index is -0.866. The van der Waals surface area contributed by atoms with Crippen molar-refractivity contribution >= 4 is 17.6 Å².